The molecule has 0 amide bonds. The van der Waals surface area contributed by atoms with Crippen LogP contribution in [0.4, 0.5) is 0 Å². The summed E-state index contributed by atoms with van der Waals surface area (Å²) in [6.07, 6.45) is 0. The van der Waals surface area contributed by atoms with E-state index in [1.165, 1.54) is 0 Å². The summed E-state index contributed by atoms with van der Waals surface area (Å²) >= 11 is 3.39. The molecule has 0 spiro atoms. The van der Waals surface area contributed by atoms with Crippen molar-refractivity contribution in [2.24, 2.45) is 17.6 Å². The fourth-order valence-corrected chi connectivity index (χ4v) is 1.53. The van der Waals surface area contributed by atoms with E-state index in [0.29, 0.717) is 25.0 Å². The lowest BCUT2D eigenvalue weighted by Crippen LogP contribution is -2.26. The fraction of sp³-hybridized carbons (Fsp3) is 0.500. The molecule has 0 bridgehead atoms. The van der Waals surface area contributed by atoms with Gasteiger partial charge in [-0.25, -0.2) is 0 Å². The van der Waals surface area contributed by atoms with Crippen LogP contribution in [0.2, 0.25) is 0 Å². The number of ether oxygens (including phenoxy) is 1. The molecule has 0 aromatic heterocycles. The zero-order valence-corrected chi connectivity index (χ0v) is 10.8. The van der Waals surface area contributed by atoms with Gasteiger partial charge < -0.3 is 10.5 Å². The van der Waals surface area contributed by atoms with Gasteiger partial charge in [-0.1, -0.05) is 29.8 Å². The maximum absolute atomic E-state index is 5.67. The van der Waals surface area contributed by atoms with Crippen molar-refractivity contribution in [2.75, 3.05) is 13.2 Å². The molecule has 0 aliphatic heterocycles. The first-order valence-corrected chi connectivity index (χ1v) is 6.01. The molecule has 0 saturated heterocycles. The Morgan fingerprint density at radius 2 is 1.87 bits per heavy atom. The van der Waals surface area contributed by atoms with E-state index < -0.39 is 0 Å². The molecule has 0 radical (unpaired) electrons. The Balaban J connectivity index is 2.45. The van der Waals surface area contributed by atoms with Crippen molar-refractivity contribution in [2.45, 2.75) is 13.8 Å². The Bertz CT molecular complexity index is 284. The molecule has 1 atom stereocenters. The second kappa shape index (κ2) is 6.13. The number of hydrogen-bond donors (Lipinski definition) is 1. The van der Waals surface area contributed by atoms with E-state index in [1.54, 1.807) is 0 Å². The van der Waals surface area contributed by atoms with Gasteiger partial charge in [0.2, 0.25) is 0 Å². The normalized spacial score (nSPS) is 12.9. The molecule has 0 aliphatic rings. The van der Waals surface area contributed by atoms with Crippen LogP contribution >= 0.6 is 15.9 Å². The van der Waals surface area contributed by atoms with Gasteiger partial charge >= 0.3 is 0 Å². The van der Waals surface area contributed by atoms with Crippen LogP contribution in [0.5, 0.6) is 5.75 Å². The predicted octanol–water partition coefficient (Wildman–Crippen LogP) is 3.06. The topological polar surface area (TPSA) is 35.2 Å². The standard InChI is InChI=1S/C12H18BrNO/c1-9(2)10(7-14)8-15-12-5-3-11(13)4-6-12/h3-6,9-10H,7-8,14H2,1-2H3. The highest BCUT2D eigenvalue weighted by Gasteiger charge is 2.11. The second-order valence-corrected chi connectivity index (χ2v) is 4.92. The van der Waals surface area contributed by atoms with E-state index in [4.69, 9.17) is 10.5 Å². The zero-order valence-electron chi connectivity index (χ0n) is 9.24. The summed E-state index contributed by atoms with van der Waals surface area (Å²) in [5.41, 5.74) is 5.67. The number of rotatable bonds is 5. The Kier molecular flexibility index (Phi) is 5.12. The van der Waals surface area contributed by atoms with E-state index in [2.05, 4.69) is 29.8 Å². The minimum Gasteiger partial charge on any atom is -0.493 e. The molecule has 0 saturated carbocycles. The lowest BCUT2D eigenvalue weighted by atomic mass is 9.97. The third kappa shape index (κ3) is 4.22. The minimum atomic E-state index is 0.425. The highest BCUT2D eigenvalue weighted by atomic mass is 79.9. The molecule has 1 aromatic carbocycles. The van der Waals surface area contributed by atoms with Gasteiger partial charge in [0.15, 0.2) is 0 Å². The monoisotopic (exact) mass is 271 g/mol. The summed E-state index contributed by atoms with van der Waals surface area (Å²) in [7, 11) is 0. The smallest absolute Gasteiger partial charge is 0.119 e. The van der Waals surface area contributed by atoms with E-state index >= 15 is 0 Å². The molecule has 0 aliphatic carbocycles. The van der Waals surface area contributed by atoms with Crippen molar-refractivity contribution in [1.29, 1.82) is 0 Å². The van der Waals surface area contributed by atoms with Crippen LogP contribution in [0.3, 0.4) is 0 Å². The van der Waals surface area contributed by atoms with Gasteiger partial charge in [0, 0.05) is 10.4 Å². The van der Waals surface area contributed by atoms with Crippen molar-refractivity contribution in [3.63, 3.8) is 0 Å². The summed E-state index contributed by atoms with van der Waals surface area (Å²) in [5, 5.41) is 0. The number of nitrogens with two attached hydrogens (primary N) is 1. The zero-order chi connectivity index (χ0) is 11.3. The third-order valence-corrected chi connectivity index (χ3v) is 3.05. The molecule has 2 N–H and O–H groups in total. The van der Waals surface area contributed by atoms with E-state index in [-0.39, 0.29) is 0 Å². The van der Waals surface area contributed by atoms with Crippen molar-refractivity contribution in [3.8, 4) is 5.75 Å². The maximum atomic E-state index is 5.67. The van der Waals surface area contributed by atoms with Crippen LogP contribution in [-0.2, 0) is 0 Å². The lowest BCUT2D eigenvalue weighted by Gasteiger charge is -2.19. The van der Waals surface area contributed by atoms with Gasteiger partial charge in [-0.2, -0.15) is 0 Å². The van der Waals surface area contributed by atoms with E-state index in [9.17, 15) is 0 Å². The van der Waals surface area contributed by atoms with Crippen molar-refractivity contribution in [3.05, 3.63) is 28.7 Å². The first-order valence-electron chi connectivity index (χ1n) is 5.22. The Morgan fingerprint density at radius 3 is 2.33 bits per heavy atom. The van der Waals surface area contributed by atoms with Crippen LogP contribution in [0.25, 0.3) is 0 Å². The van der Waals surface area contributed by atoms with Gasteiger partial charge in [0.1, 0.15) is 5.75 Å². The molecule has 3 heteroatoms. The molecule has 0 fully saturated rings. The molecule has 0 heterocycles. The molecule has 1 rings (SSSR count). The van der Waals surface area contributed by atoms with Gasteiger partial charge in [0.05, 0.1) is 6.61 Å². The molecule has 2 nitrogen and oxygen atoms in total. The first-order chi connectivity index (χ1) is 7.13. The molecule has 1 aromatic rings. The van der Waals surface area contributed by atoms with Crippen molar-refractivity contribution in [1.82, 2.24) is 0 Å². The number of halogens is 1. The predicted molar refractivity (Wildman–Crippen MR) is 67.0 cm³/mol. The fourth-order valence-electron chi connectivity index (χ4n) is 1.27. The summed E-state index contributed by atoms with van der Waals surface area (Å²) in [6, 6.07) is 7.86. The van der Waals surface area contributed by atoms with Crippen LogP contribution in [0.15, 0.2) is 28.7 Å². The maximum Gasteiger partial charge on any atom is 0.119 e. The van der Waals surface area contributed by atoms with Gasteiger partial charge in [-0.3, -0.25) is 0 Å². The molecule has 84 valence electrons. The average molecular weight is 272 g/mol. The highest BCUT2D eigenvalue weighted by molar-refractivity contribution is 9.10. The van der Waals surface area contributed by atoms with E-state index in [0.717, 1.165) is 10.2 Å². The quantitative estimate of drug-likeness (QED) is 0.894. The minimum absolute atomic E-state index is 0.425. The Hall–Kier alpha value is -0.540. The van der Waals surface area contributed by atoms with Crippen LogP contribution < -0.4 is 10.5 Å². The van der Waals surface area contributed by atoms with Gasteiger partial charge in [0.25, 0.3) is 0 Å². The molecular formula is C12H18BrNO. The van der Waals surface area contributed by atoms with Crippen molar-refractivity contribution >= 4 is 15.9 Å². The summed E-state index contributed by atoms with van der Waals surface area (Å²) in [6.45, 7) is 5.70. The Labute approximate surface area is 99.9 Å². The van der Waals surface area contributed by atoms with E-state index in [1.807, 2.05) is 24.3 Å². The summed E-state index contributed by atoms with van der Waals surface area (Å²) in [5.74, 6) is 1.89. The lowest BCUT2D eigenvalue weighted by molar-refractivity contribution is 0.214. The highest BCUT2D eigenvalue weighted by Crippen LogP contribution is 2.18. The second-order valence-electron chi connectivity index (χ2n) is 4.00. The number of benzene rings is 1. The SMILES string of the molecule is CC(C)C(CN)COc1ccc(Br)cc1. The summed E-state index contributed by atoms with van der Waals surface area (Å²) in [4.78, 5) is 0. The molecule has 15 heavy (non-hydrogen) atoms. The third-order valence-electron chi connectivity index (χ3n) is 2.52. The first kappa shape index (κ1) is 12.5. The van der Waals surface area contributed by atoms with Crippen LogP contribution in [0, 0.1) is 11.8 Å². The van der Waals surface area contributed by atoms with Crippen LogP contribution in [0.1, 0.15) is 13.8 Å². The summed E-state index contributed by atoms with van der Waals surface area (Å²) < 4.78 is 6.74. The largest absolute Gasteiger partial charge is 0.493 e. The van der Waals surface area contributed by atoms with Gasteiger partial charge in [-0.05, 0) is 36.7 Å². The van der Waals surface area contributed by atoms with Crippen LogP contribution in [-0.4, -0.2) is 13.2 Å². The Morgan fingerprint density at radius 1 is 1.27 bits per heavy atom. The van der Waals surface area contributed by atoms with Gasteiger partial charge in [-0.15, -0.1) is 0 Å². The number of hydrogen-bond acceptors (Lipinski definition) is 2. The van der Waals surface area contributed by atoms with Crippen molar-refractivity contribution < 1.29 is 4.74 Å². The molecular weight excluding hydrogens is 254 g/mol. The average Bonchev–Trinajstić information content (AvgIpc) is 2.21. The molecule has 1 unspecified atom stereocenters.